The van der Waals surface area contributed by atoms with Crippen molar-refractivity contribution in [2.75, 3.05) is 20.2 Å². The summed E-state index contributed by atoms with van der Waals surface area (Å²) < 4.78 is 21.6. The summed E-state index contributed by atoms with van der Waals surface area (Å²) in [5.74, 6) is 0.849. The topological polar surface area (TPSA) is 41.6 Å². The number of ether oxygens (including phenoxy) is 1. The second-order valence-electron chi connectivity index (χ2n) is 3.71. The van der Waals surface area contributed by atoms with Crippen LogP contribution < -0.4 is 9.46 Å². The van der Waals surface area contributed by atoms with Crippen molar-refractivity contribution >= 4 is 11.2 Å². The van der Waals surface area contributed by atoms with Crippen LogP contribution >= 0.6 is 0 Å². The van der Waals surface area contributed by atoms with Crippen LogP contribution in [0.3, 0.4) is 0 Å². The van der Waals surface area contributed by atoms with E-state index in [9.17, 15) is 4.21 Å². The van der Waals surface area contributed by atoms with Gasteiger partial charge >= 0.3 is 0 Å². The summed E-state index contributed by atoms with van der Waals surface area (Å²) in [7, 11) is 1.65. The van der Waals surface area contributed by atoms with Gasteiger partial charge in [-0.15, -0.1) is 0 Å². The fourth-order valence-corrected chi connectivity index (χ4v) is 2.72. The quantitative estimate of drug-likeness (QED) is 0.858. The summed E-state index contributed by atoms with van der Waals surface area (Å²) in [6.45, 7) is 2.43. The maximum atomic E-state index is 11.6. The molecule has 1 saturated heterocycles. The molecule has 5 heteroatoms. The van der Waals surface area contributed by atoms with Crippen LogP contribution in [-0.2, 0) is 17.7 Å². The van der Waals surface area contributed by atoms with E-state index in [4.69, 9.17) is 4.74 Å². The van der Waals surface area contributed by atoms with Crippen LogP contribution in [-0.4, -0.2) is 28.7 Å². The minimum atomic E-state index is -1.03. The lowest BCUT2D eigenvalue weighted by molar-refractivity contribution is 0.401. The van der Waals surface area contributed by atoms with E-state index in [0.29, 0.717) is 6.54 Å². The Morgan fingerprint density at radius 3 is 2.81 bits per heavy atom. The van der Waals surface area contributed by atoms with E-state index in [1.165, 1.54) is 0 Å². The van der Waals surface area contributed by atoms with Crippen molar-refractivity contribution in [2.24, 2.45) is 0 Å². The van der Waals surface area contributed by atoms with Crippen molar-refractivity contribution in [3.8, 4) is 5.75 Å². The predicted molar refractivity (Wildman–Crippen MR) is 64.2 cm³/mol. The van der Waals surface area contributed by atoms with Gasteiger partial charge in [0, 0.05) is 19.6 Å². The van der Waals surface area contributed by atoms with Crippen LogP contribution in [0.2, 0.25) is 0 Å². The molecule has 0 bridgehead atoms. The molecule has 1 N–H and O–H groups in total. The first-order valence-corrected chi connectivity index (χ1v) is 6.43. The Labute approximate surface area is 98.3 Å². The van der Waals surface area contributed by atoms with Gasteiger partial charge in [-0.2, -0.15) is 0 Å². The lowest BCUT2D eigenvalue weighted by Gasteiger charge is -2.25. The molecule has 1 fully saturated rings. The molecule has 1 aliphatic heterocycles. The molecule has 1 atom stereocenters. The van der Waals surface area contributed by atoms with Crippen LogP contribution in [0.4, 0.5) is 0 Å². The number of nitrogens with zero attached hydrogens (tertiary/aromatic N) is 1. The van der Waals surface area contributed by atoms with E-state index in [-0.39, 0.29) is 0 Å². The van der Waals surface area contributed by atoms with Gasteiger partial charge in [-0.3, -0.25) is 0 Å². The van der Waals surface area contributed by atoms with Gasteiger partial charge < -0.3 is 4.74 Å². The summed E-state index contributed by atoms with van der Waals surface area (Å²) >= 11 is -1.03. The van der Waals surface area contributed by atoms with E-state index in [2.05, 4.69) is 4.72 Å². The van der Waals surface area contributed by atoms with Gasteiger partial charge in [0.25, 0.3) is 0 Å². The van der Waals surface area contributed by atoms with Crippen molar-refractivity contribution in [1.29, 1.82) is 0 Å². The maximum Gasteiger partial charge on any atom is 0.170 e. The molecular weight excluding hydrogens is 224 g/mol. The number of hydrogen-bond acceptors (Lipinski definition) is 2. The number of rotatable bonds is 3. The minimum Gasteiger partial charge on any atom is -0.497 e. The summed E-state index contributed by atoms with van der Waals surface area (Å²) in [5.41, 5.74) is 1.15. The average Bonchev–Trinajstić information content (AvgIpc) is 2.33. The van der Waals surface area contributed by atoms with E-state index in [1.54, 1.807) is 7.11 Å². The SMILES string of the molecule is COc1ccc(CN2CCCNS2=O)cc1. The number of benzene rings is 1. The van der Waals surface area contributed by atoms with Gasteiger partial charge in [0.2, 0.25) is 0 Å². The van der Waals surface area contributed by atoms with E-state index in [0.717, 1.165) is 30.8 Å². The molecule has 0 radical (unpaired) electrons. The fraction of sp³-hybridized carbons (Fsp3) is 0.455. The molecule has 16 heavy (non-hydrogen) atoms. The molecule has 1 aromatic carbocycles. The van der Waals surface area contributed by atoms with Crippen molar-refractivity contribution in [2.45, 2.75) is 13.0 Å². The number of hydrogen-bond donors (Lipinski definition) is 1. The molecule has 0 amide bonds. The second kappa shape index (κ2) is 5.43. The molecule has 88 valence electrons. The molecular formula is C11H16N2O2S. The Morgan fingerprint density at radius 2 is 2.19 bits per heavy atom. The molecule has 0 spiro atoms. The van der Waals surface area contributed by atoms with Crippen LogP contribution in [0.15, 0.2) is 24.3 Å². The van der Waals surface area contributed by atoms with Crippen molar-refractivity contribution in [3.63, 3.8) is 0 Å². The van der Waals surface area contributed by atoms with Gasteiger partial charge in [0.1, 0.15) is 5.75 Å². The summed E-state index contributed by atoms with van der Waals surface area (Å²) in [6.07, 6.45) is 1.04. The highest BCUT2D eigenvalue weighted by Crippen LogP contribution is 2.14. The zero-order valence-electron chi connectivity index (χ0n) is 9.31. The molecule has 0 saturated carbocycles. The largest absolute Gasteiger partial charge is 0.497 e. The normalized spacial score (nSPS) is 21.9. The zero-order valence-corrected chi connectivity index (χ0v) is 10.1. The highest BCUT2D eigenvalue weighted by atomic mass is 32.2. The van der Waals surface area contributed by atoms with Gasteiger partial charge in [-0.25, -0.2) is 13.2 Å². The first-order valence-electron chi connectivity index (χ1n) is 5.33. The van der Waals surface area contributed by atoms with Gasteiger partial charge in [0.05, 0.1) is 7.11 Å². The van der Waals surface area contributed by atoms with Crippen molar-refractivity contribution < 1.29 is 8.95 Å². The molecule has 0 aromatic heterocycles. The average molecular weight is 240 g/mol. The molecule has 0 aliphatic carbocycles. The highest BCUT2D eigenvalue weighted by molar-refractivity contribution is 7.80. The van der Waals surface area contributed by atoms with Crippen LogP contribution in [0.5, 0.6) is 5.75 Å². The number of methoxy groups -OCH3 is 1. The van der Waals surface area contributed by atoms with E-state index in [1.807, 2.05) is 28.6 Å². The second-order valence-corrected chi connectivity index (χ2v) is 5.01. The molecule has 4 nitrogen and oxygen atoms in total. The Bertz CT molecular complexity index is 367. The first kappa shape index (κ1) is 11.6. The Morgan fingerprint density at radius 1 is 1.44 bits per heavy atom. The molecule has 1 heterocycles. The molecule has 2 rings (SSSR count). The Kier molecular flexibility index (Phi) is 3.93. The Balaban J connectivity index is 1.99. The third-order valence-corrected chi connectivity index (χ3v) is 3.79. The molecule has 1 unspecified atom stereocenters. The van der Waals surface area contributed by atoms with Crippen molar-refractivity contribution in [3.05, 3.63) is 29.8 Å². The van der Waals surface area contributed by atoms with Gasteiger partial charge in [0.15, 0.2) is 11.2 Å². The predicted octanol–water partition coefficient (Wildman–Crippen LogP) is 1.07. The smallest absolute Gasteiger partial charge is 0.170 e. The van der Waals surface area contributed by atoms with Gasteiger partial charge in [-0.05, 0) is 24.1 Å². The summed E-state index contributed by atoms with van der Waals surface area (Å²) in [5, 5.41) is 0. The van der Waals surface area contributed by atoms with Crippen molar-refractivity contribution in [1.82, 2.24) is 9.03 Å². The van der Waals surface area contributed by atoms with Crippen LogP contribution in [0.25, 0.3) is 0 Å². The van der Waals surface area contributed by atoms with Crippen LogP contribution in [0.1, 0.15) is 12.0 Å². The monoisotopic (exact) mass is 240 g/mol. The zero-order chi connectivity index (χ0) is 11.4. The lowest BCUT2D eigenvalue weighted by Crippen LogP contribution is -2.41. The van der Waals surface area contributed by atoms with E-state index >= 15 is 0 Å². The molecule has 1 aromatic rings. The third kappa shape index (κ3) is 2.81. The Hall–Kier alpha value is -0.910. The number of nitrogens with one attached hydrogen (secondary N) is 1. The summed E-state index contributed by atoms with van der Waals surface area (Å²) in [4.78, 5) is 0. The summed E-state index contributed by atoms with van der Waals surface area (Å²) in [6, 6.07) is 7.86. The maximum absolute atomic E-state index is 11.6. The van der Waals surface area contributed by atoms with Crippen LogP contribution in [0, 0.1) is 0 Å². The minimum absolute atomic E-state index is 0.712. The standard InChI is InChI=1S/C11H16N2O2S/c1-15-11-5-3-10(4-6-11)9-13-8-2-7-12-16(13)14/h3-6,12H,2,7-9H2,1H3. The highest BCUT2D eigenvalue weighted by Gasteiger charge is 2.17. The molecule has 1 aliphatic rings. The first-order chi connectivity index (χ1) is 7.79. The third-order valence-electron chi connectivity index (χ3n) is 2.56. The lowest BCUT2D eigenvalue weighted by atomic mass is 10.2. The van der Waals surface area contributed by atoms with E-state index < -0.39 is 11.2 Å². The van der Waals surface area contributed by atoms with Gasteiger partial charge in [-0.1, -0.05) is 12.1 Å². The fourth-order valence-electron chi connectivity index (χ4n) is 1.66.